The van der Waals surface area contributed by atoms with Crippen LogP contribution in [0, 0.1) is 0 Å². The fourth-order valence-electron chi connectivity index (χ4n) is 2.67. The van der Waals surface area contributed by atoms with E-state index in [1.807, 2.05) is 43.3 Å². The van der Waals surface area contributed by atoms with Gasteiger partial charge in [-0.15, -0.1) is 0 Å². The summed E-state index contributed by atoms with van der Waals surface area (Å²) in [4.78, 5) is 23.8. The molecule has 5 heteroatoms. The average Bonchev–Trinajstić information content (AvgIpc) is 2.71. The lowest BCUT2D eigenvalue weighted by Crippen LogP contribution is -2.31. The second-order valence-electron chi connectivity index (χ2n) is 6.39. The Balaban J connectivity index is 1.71. The summed E-state index contributed by atoms with van der Waals surface area (Å²) in [6.07, 6.45) is 1.77. The van der Waals surface area contributed by atoms with E-state index in [2.05, 4.69) is 24.4 Å². The highest BCUT2D eigenvalue weighted by Gasteiger charge is 2.12. The quantitative estimate of drug-likeness (QED) is 0.686. The molecule has 0 aliphatic rings. The number of hydrogen-bond donors (Lipinski definition) is 1. The van der Waals surface area contributed by atoms with Crippen molar-refractivity contribution in [2.24, 2.45) is 0 Å². The van der Waals surface area contributed by atoms with E-state index in [0.717, 1.165) is 23.3 Å². The topological polar surface area (TPSA) is 64.6 Å². The minimum Gasteiger partial charge on any atom is -0.497 e. The Labute approximate surface area is 160 Å². The molecule has 0 bridgehead atoms. The summed E-state index contributed by atoms with van der Waals surface area (Å²) in [5.74, 6) is 0.0808. The predicted molar refractivity (Wildman–Crippen MR) is 105 cm³/mol. The van der Waals surface area contributed by atoms with Gasteiger partial charge in [0.15, 0.2) is 6.61 Å². The number of benzene rings is 2. The number of hydrogen-bond acceptors (Lipinski definition) is 4. The summed E-state index contributed by atoms with van der Waals surface area (Å²) in [5, 5.41) is 2.85. The second kappa shape index (κ2) is 10.4. The van der Waals surface area contributed by atoms with Crippen LogP contribution in [-0.2, 0) is 27.2 Å². The molecule has 1 N–H and O–H groups in total. The summed E-state index contributed by atoms with van der Waals surface area (Å²) in [7, 11) is 1.61. The number of esters is 1. The zero-order valence-corrected chi connectivity index (χ0v) is 16.2. The first-order chi connectivity index (χ1) is 13.0. The van der Waals surface area contributed by atoms with Gasteiger partial charge in [0.05, 0.1) is 13.2 Å². The molecule has 2 aromatic carbocycles. The van der Waals surface area contributed by atoms with Gasteiger partial charge in [0.25, 0.3) is 5.91 Å². The maximum atomic E-state index is 12.0. The predicted octanol–water partition coefficient (Wildman–Crippen LogP) is 3.61. The number of carbonyl (C=O) groups is 2. The zero-order valence-electron chi connectivity index (χ0n) is 16.2. The number of aryl methyl sites for hydroxylation is 2. The Morgan fingerprint density at radius 3 is 2.22 bits per heavy atom. The molecule has 0 heterocycles. The normalized spacial score (nSPS) is 11.5. The fourth-order valence-corrected chi connectivity index (χ4v) is 2.67. The van der Waals surface area contributed by atoms with Crippen molar-refractivity contribution in [3.63, 3.8) is 0 Å². The van der Waals surface area contributed by atoms with Gasteiger partial charge in [-0.1, -0.05) is 43.3 Å². The lowest BCUT2D eigenvalue weighted by molar-refractivity contribution is -0.148. The van der Waals surface area contributed by atoms with Crippen molar-refractivity contribution < 1.29 is 19.1 Å². The number of nitrogens with one attached hydrogen (secondary N) is 1. The largest absolute Gasteiger partial charge is 0.497 e. The van der Waals surface area contributed by atoms with E-state index in [1.165, 1.54) is 5.56 Å². The molecule has 0 saturated carbocycles. The number of methoxy groups -OCH3 is 1. The van der Waals surface area contributed by atoms with Crippen molar-refractivity contribution >= 4 is 11.9 Å². The number of ether oxygens (including phenoxy) is 2. The fraction of sp³-hybridized carbons (Fsp3) is 0.364. The highest BCUT2D eigenvalue weighted by atomic mass is 16.5. The molecular weight excluding hydrogens is 342 g/mol. The average molecular weight is 369 g/mol. The highest BCUT2D eigenvalue weighted by Crippen LogP contribution is 2.14. The van der Waals surface area contributed by atoms with Gasteiger partial charge in [-0.2, -0.15) is 0 Å². The van der Waals surface area contributed by atoms with Gasteiger partial charge < -0.3 is 14.8 Å². The van der Waals surface area contributed by atoms with Gasteiger partial charge in [0.2, 0.25) is 0 Å². The molecule has 27 heavy (non-hydrogen) atoms. The first kappa shape index (κ1) is 20.5. The van der Waals surface area contributed by atoms with Crippen LogP contribution in [0.3, 0.4) is 0 Å². The molecule has 5 nitrogen and oxygen atoms in total. The van der Waals surface area contributed by atoms with Crippen molar-refractivity contribution in [3.05, 3.63) is 65.2 Å². The molecule has 0 radical (unpaired) electrons. The third-order valence-electron chi connectivity index (χ3n) is 4.41. The van der Waals surface area contributed by atoms with Crippen LogP contribution in [-0.4, -0.2) is 25.6 Å². The molecule has 0 aromatic heterocycles. The summed E-state index contributed by atoms with van der Waals surface area (Å²) in [6, 6.07) is 15.5. The summed E-state index contributed by atoms with van der Waals surface area (Å²) in [5.41, 5.74) is 3.29. The van der Waals surface area contributed by atoms with Crippen LogP contribution in [0.2, 0.25) is 0 Å². The van der Waals surface area contributed by atoms with Crippen molar-refractivity contribution in [1.82, 2.24) is 5.32 Å². The van der Waals surface area contributed by atoms with Crippen LogP contribution in [0.5, 0.6) is 5.75 Å². The van der Waals surface area contributed by atoms with Gasteiger partial charge in [0, 0.05) is 6.42 Å². The van der Waals surface area contributed by atoms with Gasteiger partial charge in [-0.05, 0) is 48.6 Å². The molecule has 1 unspecified atom stereocenters. The van der Waals surface area contributed by atoms with Crippen molar-refractivity contribution in [1.29, 1.82) is 0 Å². The lowest BCUT2D eigenvalue weighted by Gasteiger charge is -2.15. The Morgan fingerprint density at radius 1 is 1.00 bits per heavy atom. The number of rotatable bonds is 9. The Hall–Kier alpha value is -2.82. The molecule has 2 rings (SSSR count). The van der Waals surface area contributed by atoms with Crippen molar-refractivity contribution in [2.75, 3.05) is 13.7 Å². The summed E-state index contributed by atoms with van der Waals surface area (Å²) in [6.45, 7) is 3.74. The van der Waals surface area contributed by atoms with Crippen LogP contribution < -0.4 is 10.1 Å². The van der Waals surface area contributed by atoms with Gasteiger partial charge in [-0.25, -0.2) is 0 Å². The molecule has 0 fully saturated rings. The Bertz CT molecular complexity index is 738. The minimum atomic E-state index is -0.388. The molecule has 1 amide bonds. The molecule has 0 aliphatic heterocycles. The summed E-state index contributed by atoms with van der Waals surface area (Å²) < 4.78 is 10.2. The van der Waals surface area contributed by atoms with Gasteiger partial charge >= 0.3 is 5.97 Å². The van der Waals surface area contributed by atoms with Gasteiger partial charge in [-0.3, -0.25) is 9.59 Å². The maximum absolute atomic E-state index is 12.0. The number of amides is 1. The van der Waals surface area contributed by atoms with E-state index in [4.69, 9.17) is 9.47 Å². The van der Waals surface area contributed by atoms with Crippen molar-refractivity contribution in [3.8, 4) is 5.75 Å². The Kier molecular flexibility index (Phi) is 7.86. The molecule has 0 spiro atoms. The number of carbonyl (C=O) groups excluding carboxylic acids is 2. The van der Waals surface area contributed by atoms with E-state index < -0.39 is 0 Å². The Morgan fingerprint density at radius 2 is 1.63 bits per heavy atom. The van der Waals surface area contributed by atoms with E-state index >= 15 is 0 Å². The van der Waals surface area contributed by atoms with Crippen LogP contribution in [0.1, 0.15) is 43.0 Å². The van der Waals surface area contributed by atoms with Crippen molar-refractivity contribution in [2.45, 2.75) is 39.2 Å². The highest BCUT2D eigenvalue weighted by molar-refractivity contribution is 5.80. The third kappa shape index (κ3) is 6.77. The first-order valence-electron chi connectivity index (χ1n) is 9.18. The molecule has 144 valence electrons. The third-order valence-corrected chi connectivity index (χ3v) is 4.41. The SMILES string of the molecule is CCc1ccc(C(C)NC(=O)COC(=O)CCc2ccc(OC)cc2)cc1. The molecule has 2 aromatic rings. The summed E-state index contributed by atoms with van der Waals surface area (Å²) >= 11 is 0. The zero-order chi connectivity index (χ0) is 19.6. The van der Waals surface area contributed by atoms with E-state index in [-0.39, 0.29) is 30.9 Å². The van der Waals surface area contributed by atoms with Crippen LogP contribution in [0.25, 0.3) is 0 Å². The van der Waals surface area contributed by atoms with Crippen LogP contribution >= 0.6 is 0 Å². The molecule has 1 atom stereocenters. The monoisotopic (exact) mass is 369 g/mol. The molecule has 0 aliphatic carbocycles. The lowest BCUT2D eigenvalue weighted by atomic mass is 10.1. The standard InChI is InChI=1S/C22H27NO4/c1-4-17-5-10-19(11-6-17)16(2)23-21(24)15-27-22(25)14-9-18-7-12-20(26-3)13-8-18/h5-8,10-13,16H,4,9,14-15H2,1-3H3,(H,23,24). The van der Waals surface area contributed by atoms with E-state index in [9.17, 15) is 9.59 Å². The van der Waals surface area contributed by atoms with E-state index in [1.54, 1.807) is 7.11 Å². The molecule has 0 saturated heterocycles. The smallest absolute Gasteiger partial charge is 0.306 e. The molecular formula is C22H27NO4. The second-order valence-corrected chi connectivity index (χ2v) is 6.39. The van der Waals surface area contributed by atoms with Crippen LogP contribution in [0.15, 0.2) is 48.5 Å². The maximum Gasteiger partial charge on any atom is 0.306 e. The minimum absolute atomic E-state index is 0.138. The van der Waals surface area contributed by atoms with E-state index in [0.29, 0.717) is 6.42 Å². The van der Waals surface area contributed by atoms with Gasteiger partial charge in [0.1, 0.15) is 5.75 Å². The van der Waals surface area contributed by atoms with Crippen LogP contribution in [0.4, 0.5) is 0 Å². The first-order valence-corrected chi connectivity index (χ1v) is 9.18.